The normalized spacial score (nSPS) is 53.6. The van der Waals surface area contributed by atoms with E-state index in [0.29, 0.717) is 17.6 Å². The van der Waals surface area contributed by atoms with Gasteiger partial charge < -0.3 is 0 Å². The summed E-state index contributed by atoms with van der Waals surface area (Å²) in [6, 6.07) is 0. The van der Waals surface area contributed by atoms with Crippen LogP contribution in [0.15, 0.2) is 0 Å². The van der Waals surface area contributed by atoms with Gasteiger partial charge >= 0.3 is 0 Å². The fourth-order valence-corrected chi connectivity index (χ4v) is 7.68. The standard InChI is InChI=1S/C10H14O.C10H14S/c2*11-10-8-2-6-1-7(4-8)5-9(10)3-6/h2*6-9H,1-5H2. The molecule has 8 rings (SSSR count). The van der Waals surface area contributed by atoms with Gasteiger partial charge in [-0.1, -0.05) is 12.2 Å². The fraction of sp³-hybridized carbons (Fsp3) is 0.900. The van der Waals surface area contributed by atoms with Crippen LogP contribution in [0.2, 0.25) is 0 Å². The van der Waals surface area contributed by atoms with Crippen molar-refractivity contribution >= 4 is 22.9 Å². The predicted octanol–water partition coefficient (Wildman–Crippen LogP) is 4.82. The average Bonchev–Trinajstić information content (AvgIpc) is 2.49. The zero-order chi connectivity index (χ0) is 14.8. The SMILES string of the molecule is O=C1C2CC3CC(C2)CC1C3.S=C1C2CC3CC(C2)CC1C3. The van der Waals surface area contributed by atoms with Crippen LogP contribution in [0, 0.1) is 47.3 Å². The predicted molar refractivity (Wildman–Crippen MR) is 91.7 cm³/mol. The van der Waals surface area contributed by atoms with Gasteiger partial charge in [-0.25, -0.2) is 0 Å². The molecule has 0 aromatic heterocycles. The first kappa shape index (κ1) is 14.1. The molecular weight excluding hydrogens is 288 g/mol. The highest BCUT2D eigenvalue weighted by atomic mass is 32.1. The Labute approximate surface area is 139 Å². The molecule has 0 spiro atoms. The number of hydrogen-bond donors (Lipinski definition) is 0. The molecule has 0 atom stereocenters. The van der Waals surface area contributed by atoms with E-state index in [1.807, 2.05) is 0 Å². The van der Waals surface area contributed by atoms with Crippen LogP contribution in [0.25, 0.3) is 0 Å². The molecule has 0 unspecified atom stereocenters. The van der Waals surface area contributed by atoms with E-state index in [0.717, 1.165) is 35.5 Å². The highest BCUT2D eigenvalue weighted by molar-refractivity contribution is 7.80. The Morgan fingerprint density at radius 1 is 0.545 bits per heavy atom. The van der Waals surface area contributed by atoms with Gasteiger partial charge in [-0.3, -0.25) is 4.79 Å². The van der Waals surface area contributed by atoms with Crippen molar-refractivity contribution in [1.29, 1.82) is 0 Å². The lowest BCUT2D eigenvalue weighted by molar-refractivity contribution is -0.139. The molecule has 120 valence electrons. The van der Waals surface area contributed by atoms with Crippen molar-refractivity contribution in [3.63, 3.8) is 0 Å². The van der Waals surface area contributed by atoms with Gasteiger partial charge in [0.05, 0.1) is 0 Å². The molecule has 8 bridgehead atoms. The molecule has 0 amide bonds. The summed E-state index contributed by atoms with van der Waals surface area (Å²) in [6.45, 7) is 0. The number of carbonyl (C=O) groups excluding carboxylic acids is 1. The molecule has 2 heteroatoms. The summed E-state index contributed by atoms with van der Waals surface area (Å²) >= 11 is 5.47. The van der Waals surface area contributed by atoms with Gasteiger partial charge in [0.2, 0.25) is 0 Å². The Kier molecular flexibility index (Phi) is 3.29. The van der Waals surface area contributed by atoms with Gasteiger partial charge in [-0.2, -0.15) is 0 Å². The molecule has 0 saturated heterocycles. The van der Waals surface area contributed by atoms with Crippen LogP contribution in [0.5, 0.6) is 0 Å². The summed E-state index contributed by atoms with van der Waals surface area (Å²) < 4.78 is 0. The van der Waals surface area contributed by atoms with Gasteiger partial charge in [-0.05, 0) is 105 Å². The summed E-state index contributed by atoms with van der Waals surface area (Å²) in [5.74, 6) is 7.41. The van der Waals surface area contributed by atoms with Gasteiger partial charge in [0, 0.05) is 11.8 Å². The second-order valence-corrected chi connectivity index (χ2v) is 9.88. The largest absolute Gasteiger partial charge is 0.299 e. The molecule has 8 aliphatic carbocycles. The quantitative estimate of drug-likeness (QED) is 0.596. The highest BCUT2D eigenvalue weighted by Gasteiger charge is 2.47. The summed E-state index contributed by atoms with van der Waals surface area (Å²) in [4.78, 5) is 13.0. The maximum Gasteiger partial charge on any atom is 0.139 e. The van der Waals surface area contributed by atoms with Gasteiger partial charge in [-0.15, -0.1) is 0 Å². The Morgan fingerprint density at radius 3 is 1.23 bits per heavy atom. The van der Waals surface area contributed by atoms with E-state index in [9.17, 15) is 4.79 Å². The summed E-state index contributed by atoms with van der Waals surface area (Å²) in [5.41, 5.74) is 0. The number of ketones is 1. The van der Waals surface area contributed by atoms with Gasteiger partial charge in [0.15, 0.2) is 0 Å². The third-order valence-electron chi connectivity index (χ3n) is 7.89. The lowest BCUT2D eigenvalue weighted by Gasteiger charge is -2.50. The van der Waals surface area contributed by atoms with E-state index in [4.69, 9.17) is 12.2 Å². The Morgan fingerprint density at radius 2 is 0.864 bits per heavy atom. The molecule has 8 saturated carbocycles. The summed E-state index contributed by atoms with van der Waals surface area (Å²) in [6.07, 6.45) is 13.8. The zero-order valence-electron chi connectivity index (χ0n) is 13.5. The number of thiocarbonyl (C=S) groups is 1. The molecule has 8 aliphatic rings. The minimum atomic E-state index is 0.506. The monoisotopic (exact) mass is 316 g/mol. The fourth-order valence-electron chi connectivity index (χ4n) is 7.30. The van der Waals surface area contributed by atoms with Crippen molar-refractivity contribution in [1.82, 2.24) is 0 Å². The number of hydrogen-bond acceptors (Lipinski definition) is 2. The molecule has 0 aromatic rings. The number of rotatable bonds is 0. The molecule has 8 fully saturated rings. The van der Waals surface area contributed by atoms with Crippen molar-refractivity contribution in [2.75, 3.05) is 0 Å². The van der Waals surface area contributed by atoms with Gasteiger partial charge in [0.25, 0.3) is 0 Å². The van der Waals surface area contributed by atoms with Crippen molar-refractivity contribution in [2.24, 2.45) is 47.3 Å². The van der Waals surface area contributed by atoms with E-state index >= 15 is 0 Å². The smallest absolute Gasteiger partial charge is 0.139 e. The van der Waals surface area contributed by atoms with Gasteiger partial charge in [0.1, 0.15) is 5.78 Å². The second-order valence-electron chi connectivity index (χ2n) is 9.41. The van der Waals surface area contributed by atoms with Crippen LogP contribution in [0.1, 0.15) is 64.2 Å². The Balaban J connectivity index is 0.000000102. The first-order valence-electron chi connectivity index (χ1n) is 9.73. The van der Waals surface area contributed by atoms with Crippen LogP contribution in [-0.4, -0.2) is 10.6 Å². The van der Waals surface area contributed by atoms with Crippen molar-refractivity contribution < 1.29 is 4.79 Å². The zero-order valence-corrected chi connectivity index (χ0v) is 14.3. The maximum absolute atomic E-state index is 11.6. The van der Waals surface area contributed by atoms with Crippen LogP contribution in [-0.2, 0) is 4.79 Å². The molecule has 0 radical (unpaired) electrons. The van der Waals surface area contributed by atoms with Crippen molar-refractivity contribution in [2.45, 2.75) is 64.2 Å². The minimum absolute atomic E-state index is 0.506. The lowest BCUT2D eigenvalue weighted by atomic mass is 9.56. The van der Waals surface area contributed by atoms with Crippen LogP contribution < -0.4 is 0 Å². The topological polar surface area (TPSA) is 17.1 Å². The molecule has 0 aromatic carbocycles. The first-order valence-corrected chi connectivity index (χ1v) is 10.1. The van der Waals surface area contributed by atoms with Crippen LogP contribution >= 0.6 is 12.2 Å². The van der Waals surface area contributed by atoms with E-state index in [2.05, 4.69) is 0 Å². The Bertz CT molecular complexity index is 402. The molecule has 0 N–H and O–H groups in total. The van der Waals surface area contributed by atoms with E-state index in [-0.39, 0.29) is 0 Å². The van der Waals surface area contributed by atoms with Crippen molar-refractivity contribution in [3.05, 3.63) is 0 Å². The van der Waals surface area contributed by atoms with Crippen molar-refractivity contribution in [3.8, 4) is 0 Å². The summed E-state index contributed by atoms with van der Waals surface area (Å²) in [5, 5.41) is 0. The minimum Gasteiger partial charge on any atom is -0.299 e. The molecule has 0 aliphatic heterocycles. The van der Waals surface area contributed by atoms with E-state index in [1.165, 1.54) is 69.1 Å². The van der Waals surface area contributed by atoms with Crippen LogP contribution in [0.3, 0.4) is 0 Å². The van der Waals surface area contributed by atoms with E-state index < -0.39 is 0 Å². The number of Topliss-reactive ketones (excluding diaryl/α,β-unsaturated/α-hetero) is 1. The number of carbonyl (C=O) groups is 1. The molecular formula is C20H28OS. The third-order valence-corrected chi connectivity index (χ3v) is 8.55. The highest BCUT2D eigenvalue weighted by Crippen LogP contribution is 2.53. The van der Waals surface area contributed by atoms with Crippen LogP contribution in [0.4, 0.5) is 0 Å². The second kappa shape index (κ2) is 5.13. The molecule has 1 nitrogen and oxygen atoms in total. The first-order chi connectivity index (χ1) is 10.7. The average molecular weight is 317 g/mol. The Hall–Kier alpha value is -0.240. The third kappa shape index (κ3) is 2.24. The van der Waals surface area contributed by atoms with E-state index in [1.54, 1.807) is 0 Å². The molecule has 22 heavy (non-hydrogen) atoms. The summed E-state index contributed by atoms with van der Waals surface area (Å²) in [7, 11) is 0. The lowest BCUT2D eigenvalue weighted by Crippen LogP contribution is -2.45. The maximum atomic E-state index is 11.6. The molecule has 0 heterocycles.